The lowest BCUT2D eigenvalue weighted by Crippen LogP contribution is -2.30. The molecule has 0 bridgehead atoms. The van der Waals surface area contributed by atoms with Crippen LogP contribution in [0.25, 0.3) is 0 Å². The van der Waals surface area contributed by atoms with Crippen LogP contribution in [0.15, 0.2) is 42.5 Å². The highest BCUT2D eigenvalue weighted by Gasteiger charge is 2.17. The molecule has 1 unspecified atom stereocenters. The number of carboxylic acid groups (broad SMARTS) is 1. The van der Waals surface area contributed by atoms with E-state index in [1.54, 1.807) is 32.0 Å². The SMILES string of the molecule is Cc1cccc(OC(C)C(=O)Nc2cccc(C(=O)O)c2C)c1. The second kappa shape index (κ2) is 6.96. The normalized spacial score (nSPS) is 11.6. The molecule has 0 aliphatic rings. The van der Waals surface area contributed by atoms with Crippen molar-refractivity contribution in [3.63, 3.8) is 0 Å². The first kappa shape index (κ1) is 16.5. The summed E-state index contributed by atoms with van der Waals surface area (Å²) in [7, 11) is 0. The number of aromatic carboxylic acids is 1. The number of carbonyl (C=O) groups is 2. The summed E-state index contributed by atoms with van der Waals surface area (Å²) < 4.78 is 5.62. The molecule has 2 aromatic carbocycles. The molecular weight excluding hydrogens is 294 g/mol. The monoisotopic (exact) mass is 313 g/mol. The van der Waals surface area contributed by atoms with E-state index in [-0.39, 0.29) is 11.5 Å². The van der Waals surface area contributed by atoms with Gasteiger partial charge in [0.2, 0.25) is 0 Å². The van der Waals surface area contributed by atoms with Gasteiger partial charge >= 0.3 is 5.97 Å². The van der Waals surface area contributed by atoms with Crippen LogP contribution in [-0.4, -0.2) is 23.1 Å². The topological polar surface area (TPSA) is 75.6 Å². The summed E-state index contributed by atoms with van der Waals surface area (Å²) in [5, 5.41) is 11.8. The van der Waals surface area contributed by atoms with Crippen molar-refractivity contribution in [2.75, 3.05) is 5.32 Å². The molecule has 2 rings (SSSR count). The number of ether oxygens (including phenoxy) is 1. The van der Waals surface area contributed by atoms with Crippen LogP contribution >= 0.6 is 0 Å². The van der Waals surface area contributed by atoms with Crippen LogP contribution in [0.3, 0.4) is 0 Å². The molecule has 0 aliphatic carbocycles. The van der Waals surface area contributed by atoms with Gasteiger partial charge in [-0.05, 0) is 56.2 Å². The number of hydrogen-bond acceptors (Lipinski definition) is 3. The van der Waals surface area contributed by atoms with Gasteiger partial charge in [-0.1, -0.05) is 18.2 Å². The van der Waals surface area contributed by atoms with E-state index in [0.717, 1.165) is 5.56 Å². The van der Waals surface area contributed by atoms with Crippen molar-refractivity contribution in [3.05, 3.63) is 59.2 Å². The quantitative estimate of drug-likeness (QED) is 0.887. The van der Waals surface area contributed by atoms with Gasteiger partial charge in [-0.3, -0.25) is 4.79 Å². The molecule has 5 nitrogen and oxygen atoms in total. The van der Waals surface area contributed by atoms with Gasteiger partial charge in [0.25, 0.3) is 5.91 Å². The third kappa shape index (κ3) is 4.10. The van der Waals surface area contributed by atoms with E-state index in [1.165, 1.54) is 6.07 Å². The molecule has 1 atom stereocenters. The van der Waals surface area contributed by atoms with Crippen LogP contribution in [0.1, 0.15) is 28.4 Å². The van der Waals surface area contributed by atoms with E-state index in [2.05, 4.69) is 5.32 Å². The molecule has 0 heterocycles. The first-order valence-corrected chi connectivity index (χ1v) is 7.25. The number of amides is 1. The molecule has 5 heteroatoms. The Morgan fingerprint density at radius 3 is 2.48 bits per heavy atom. The number of benzene rings is 2. The molecule has 0 aromatic heterocycles. The van der Waals surface area contributed by atoms with Crippen LogP contribution in [0, 0.1) is 13.8 Å². The Morgan fingerprint density at radius 2 is 1.83 bits per heavy atom. The number of rotatable bonds is 5. The summed E-state index contributed by atoms with van der Waals surface area (Å²) in [5.74, 6) is -0.747. The summed E-state index contributed by atoms with van der Waals surface area (Å²) in [6.45, 7) is 5.25. The van der Waals surface area contributed by atoms with E-state index in [1.807, 2.05) is 25.1 Å². The van der Waals surface area contributed by atoms with Gasteiger partial charge in [-0.2, -0.15) is 0 Å². The average molecular weight is 313 g/mol. The van der Waals surface area contributed by atoms with Crippen LogP contribution in [0.5, 0.6) is 5.75 Å². The molecule has 23 heavy (non-hydrogen) atoms. The van der Waals surface area contributed by atoms with E-state index in [0.29, 0.717) is 17.0 Å². The largest absolute Gasteiger partial charge is 0.481 e. The summed E-state index contributed by atoms with van der Waals surface area (Å²) in [5.41, 5.74) is 2.18. The van der Waals surface area contributed by atoms with Gasteiger partial charge in [-0.25, -0.2) is 4.79 Å². The van der Waals surface area contributed by atoms with Crippen LogP contribution in [0.4, 0.5) is 5.69 Å². The minimum Gasteiger partial charge on any atom is -0.481 e. The zero-order chi connectivity index (χ0) is 17.0. The second-order valence-corrected chi connectivity index (χ2v) is 5.35. The van der Waals surface area contributed by atoms with Crippen molar-refractivity contribution in [3.8, 4) is 5.75 Å². The molecule has 0 aliphatic heterocycles. The molecule has 0 saturated heterocycles. The summed E-state index contributed by atoms with van der Waals surface area (Å²) in [6.07, 6.45) is -0.704. The minimum atomic E-state index is -1.03. The fraction of sp³-hybridized carbons (Fsp3) is 0.222. The van der Waals surface area contributed by atoms with E-state index in [4.69, 9.17) is 9.84 Å². The van der Waals surface area contributed by atoms with Gasteiger partial charge in [0.15, 0.2) is 6.10 Å². The van der Waals surface area contributed by atoms with Crippen LogP contribution < -0.4 is 10.1 Å². The first-order valence-electron chi connectivity index (χ1n) is 7.25. The molecule has 0 spiro atoms. The fourth-order valence-corrected chi connectivity index (χ4v) is 2.18. The number of hydrogen-bond donors (Lipinski definition) is 2. The number of anilines is 1. The highest BCUT2D eigenvalue weighted by atomic mass is 16.5. The van der Waals surface area contributed by atoms with Gasteiger partial charge in [0.1, 0.15) is 5.75 Å². The lowest BCUT2D eigenvalue weighted by atomic mass is 10.1. The Bertz CT molecular complexity index is 740. The Hall–Kier alpha value is -2.82. The van der Waals surface area contributed by atoms with Gasteiger partial charge in [0, 0.05) is 5.69 Å². The van der Waals surface area contributed by atoms with Crippen molar-refractivity contribution in [1.82, 2.24) is 0 Å². The third-order valence-corrected chi connectivity index (χ3v) is 3.49. The van der Waals surface area contributed by atoms with Gasteiger partial charge in [0.05, 0.1) is 5.56 Å². The number of aryl methyl sites for hydroxylation is 1. The van der Waals surface area contributed by atoms with Crippen molar-refractivity contribution >= 4 is 17.6 Å². The zero-order valence-electron chi connectivity index (χ0n) is 13.3. The highest BCUT2D eigenvalue weighted by Crippen LogP contribution is 2.20. The Labute approximate surface area is 134 Å². The van der Waals surface area contributed by atoms with E-state index < -0.39 is 12.1 Å². The van der Waals surface area contributed by atoms with Gasteiger partial charge < -0.3 is 15.2 Å². The molecule has 0 saturated carbocycles. The standard InChI is InChI=1S/C18H19NO4/c1-11-6-4-7-14(10-11)23-13(3)17(20)19-16-9-5-8-15(12(16)2)18(21)22/h4-10,13H,1-3H3,(H,19,20)(H,21,22). The predicted molar refractivity (Wildman–Crippen MR) is 88.0 cm³/mol. The second-order valence-electron chi connectivity index (χ2n) is 5.35. The minimum absolute atomic E-state index is 0.162. The number of carboxylic acids is 1. The molecule has 0 fully saturated rings. The van der Waals surface area contributed by atoms with Crippen molar-refractivity contribution < 1.29 is 19.4 Å². The molecule has 2 N–H and O–H groups in total. The van der Waals surface area contributed by atoms with E-state index in [9.17, 15) is 9.59 Å². The van der Waals surface area contributed by atoms with Crippen LogP contribution in [0.2, 0.25) is 0 Å². The van der Waals surface area contributed by atoms with Crippen molar-refractivity contribution in [2.45, 2.75) is 26.9 Å². The maximum absolute atomic E-state index is 12.3. The Balaban J connectivity index is 2.10. The lowest BCUT2D eigenvalue weighted by molar-refractivity contribution is -0.122. The maximum Gasteiger partial charge on any atom is 0.336 e. The maximum atomic E-state index is 12.3. The fourth-order valence-electron chi connectivity index (χ4n) is 2.18. The number of carbonyl (C=O) groups excluding carboxylic acids is 1. The van der Waals surface area contributed by atoms with Crippen LogP contribution in [-0.2, 0) is 4.79 Å². The summed E-state index contributed by atoms with van der Waals surface area (Å²) >= 11 is 0. The molecule has 120 valence electrons. The Kier molecular flexibility index (Phi) is 5.01. The smallest absolute Gasteiger partial charge is 0.336 e. The summed E-state index contributed by atoms with van der Waals surface area (Å²) in [4.78, 5) is 23.4. The molecular formula is C18H19NO4. The number of nitrogens with one attached hydrogen (secondary N) is 1. The lowest BCUT2D eigenvalue weighted by Gasteiger charge is -2.16. The first-order chi connectivity index (χ1) is 10.9. The van der Waals surface area contributed by atoms with Crippen molar-refractivity contribution in [2.24, 2.45) is 0 Å². The third-order valence-electron chi connectivity index (χ3n) is 3.49. The molecule has 2 aromatic rings. The van der Waals surface area contributed by atoms with Gasteiger partial charge in [-0.15, -0.1) is 0 Å². The zero-order valence-corrected chi connectivity index (χ0v) is 13.3. The average Bonchev–Trinajstić information content (AvgIpc) is 2.49. The van der Waals surface area contributed by atoms with E-state index >= 15 is 0 Å². The predicted octanol–water partition coefficient (Wildman–Crippen LogP) is 3.41. The van der Waals surface area contributed by atoms with Crippen molar-refractivity contribution in [1.29, 1.82) is 0 Å². The molecule has 0 radical (unpaired) electrons. The molecule has 1 amide bonds. The Morgan fingerprint density at radius 1 is 1.13 bits per heavy atom. The highest BCUT2D eigenvalue weighted by molar-refractivity contribution is 5.97. The summed E-state index contributed by atoms with van der Waals surface area (Å²) in [6, 6.07) is 12.2.